The number of nitrogens with one attached hydrogen (secondary N) is 1. The number of sulfone groups is 1. The van der Waals surface area contributed by atoms with Crippen LogP contribution in [0.15, 0.2) is 101 Å². The lowest BCUT2D eigenvalue weighted by Crippen LogP contribution is -2.15. The maximum Gasteiger partial charge on any atom is 0.251 e. The Labute approximate surface area is 223 Å². The van der Waals surface area contributed by atoms with Gasteiger partial charge < -0.3 is 10.1 Å². The lowest BCUT2D eigenvalue weighted by molar-refractivity contribution is -0.113. The molecule has 1 amide bonds. The molecule has 0 saturated heterocycles. The number of aryl methyl sites for hydroxylation is 2. The van der Waals surface area contributed by atoms with Gasteiger partial charge in [-0.25, -0.2) is 8.42 Å². The number of ether oxygens (including phenoxy) is 1. The molecule has 1 heterocycles. The molecule has 4 aromatic rings. The van der Waals surface area contributed by atoms with Crippen molar-refractivity contribution >= 4 is 27.5 Å². The highest BCUT2D eigenvalue weighted by Crippen LogP contribution is 2.31. The number of carbonyl (C=O) groups is 1. The van der Waals surface area contributed by atoms with Crippen molar-refractivity contribution in [2.45, 2.75) is 30.9 Å². The second-order valence-corrected chi connectivity index (χ2v) is 11.6. The predicted molar refractivity (Wildman–Crippen MR) is 152 cm³/mol. The summed E-state index contributed by atoms with van der Waals surface area (Å²) in [5.41, 5.74) is 7.11. The smallest absolute Gasteiger partial charge is 0.251 e. The minimum absolute atomic E-state index is 0.104. The van der Waals surface area contributed by atoms with E-state index < -0.39 is 9.84 Å². The van der Waals surface area contributed by atoms with Gasteiger partial charge in [0.05, 0.1) is 17.3 Å². The Morgan fingerprint density at radius 1 is 0.816 bits per heavy atom. The molecule has 0 aliphatic carbocycles. The van der Waals surface area contributed by atoms with Crippen LogP contribution >= 0.6 is 0 Å². The quantitative estimate of drug-likeness (QED) is 0.303. The van der Waals surface area contributed by atoms with E-state index in [1.165, 1.54) is 5.56 Å². The number of carbonyl (C=O) groups excluding carboxylic acids is 1. The van der Waals surface area contributed by atoms with Crippen LogP contribution in [0.2, 0.25) is 0 Å². The van der Waals surface area contributed by atoms with Gasteiger partial charge in [0.2, 0.25) is 0 Å². The summed E-state index contributed by atoms with van der Waals surface area (Å²) in [4.78, 5) is 13.4. The Morgan fingerprint density at radius 3 is 2.13 bits per heavy atom. The molecule has 0 radical (unpaired) electrons. The maximum atomic E-state index is 13.1. The number of amides is 1. The fraction of sp³-hybridized carbons (Fsp3) is 0.156. The summed E-state index contributed by atoms with van der Waals surface area (Å²) in [5, 5.41) is 2.94. The maximum absolute atomic E-state index is 13.1. The molecule has 0 fully saturated rings. The SMILES string of the molecule is Cc1ccc(-c2ccc3c(c2)C=C(C(=O)Nc2ccc(CS(=O)(=O)c4ccc(C)cc4)cc2)CCO3)cc1. The predicted octanol–water partition coefficient (Wildman–Crippen LogP) is 6.75. The molecule has 0 bridgehead atoms. The number of anilines is 1. The highest BCUT2D eigenvalue weighted by Gasteiger charge is 2.18. The van der Waals surface area contributed by atoms with Gasteiger partial charge in [-0.3, -0.25) is 4.79 Å². The van der Waals surface area contributed by atoms with E-state index in [-0.39, 0.29) is 11.7 Å². The molecular weight excluding hydrogens is 494 g/mol. The van der Waals surface area contributed by atoms with Crippen LogP contribution in [0.3, 0.4) is 0 Å². The summed E-state index contributed by atoms with van der Waals surface area (Å²) in [6.45, 7) is 4.39. The van der Waals surface area contributed by atoms with E-state index in [4.69, 9.17) is 4.74 Å². The molecule has 0 aromatic heterocycles. The van der Waals surface area contributed by atoms with Crippen molar-refractivity contribution in [2.75, 3.05) is 11.9 Å². The summed E-state index contributed by atoms with van der Waals surface area (Å²) in [7, 11) is -3.45. The molecule has 0 spiro atoms. The molecule has 1 aliphatic rings. The molecule has 5 nitrogen and oxygen atoms in total. The Balaban J connectivity index is 1.30. The van der Waals surface area contributed by atoms with Crippen LogP contribution in [0, 0.1) is 13.8 Å². The van der Waals surface area contributed by atoms with Gasteiger partial charge in [-0.15, -0.1) is 0 Å². The molecule has 4 aromatic carbocycles. The van der Waals surface area contributed by atoms with E-state index in [0.717, 1.165) is 28.0 Å². The Morgan fingerprint density at radius 2 is 1.45 bits per heavy atom. The molecule has 6 heteroatoms. The zero-order valence-electron chi connectivity index (χ0n) is 21.4. The van der Waals surface area contributed by atoms with E-state index in [9.17, 15) is 13.2 Å². The lowest BCUT2D eigenvalue weighted by atomic mass is 10.00. The molecule has 0 atom stereocenters. The first-order chi connectivity index (χ1) is 18.3. The van der Waals surface area contributed by atoms with Crippen molar-refractivity contribution in [1.29, 1.82) is 0 Å². The average Bonchev–Trinajstić information content (AvgIpc) is 3.12. The lowest BCUT2D eigenvalue weighted by Gasteiger charge is -2.09. The van der Waals surface area contributed by atoms with Gasteiger partial charge in [0.25, 0.3) is 5.91 Å². The third-order valence-electron chi connectivity index (χ3n) is 6.59. The van der Waals surface area contributed by atoms with E-state index in [1.54, 1.807) is 48.5 Å². The van der Waals surface area contributed by atoms with E-state index in [0.29, 0.717) is 34.7 Å². The third-order valence-corrected chi connectivity index (χ3v) is 8.30. The van der Waals surface area contributed by atoms with E-state index in [2.05, 4.69) is 36.5 Å². The molecular formula is C32H29NO4S. The second-order valence-electron chi connectivity index (χ2n) is 9.61. The fourth-order valence-electron chi connectivity index (χ4n) is 4.37. The average molecular weight is 524 g/mol. The minimum Gasteiger partial charge on any atom is -0.493 e. The summed E-state index contributed by atoms with van der Waals surface area (Å²) in [6.07, 6.45) is 2.37. The zero-order valence-corrected chi connectivity index (χ0v) is 22.2. The molecule has 0 unspecified atom stereocenters. The van der Waals surface area contributed by atoms with E-state index in [1.807, 2.05) is 31.2 Å². The van der Waals surface area contributed by atoms with Crippen molar-refractivity contribution in [1.82, 2.24) is 0 Å². The highest BCUT2D eigenvalue weighted by molar-refractivity contribution is 7.90. The van der Waals surface area contributed by atoms with Gasteiger partial charge in [-0.05, 0) is 73.0 Å². The Bertz CT molecular complexity index is 1600. The molecule has 5 rings (SSSR count). The number of rotatable bonds is 6. The standard InChI is InChI=1S/C32H29NO4S/c1-22-3-9-25(10-4-22)26-11-16-31-28(19-26)20-27(17-18-37-31)32(34)33-29-12-7-24(8-13-29)21-38(35,36)30-14-5-23(2)6-15-30/h3-16,19-20H,17-18,21H2,1-2H3,(H,33,34). The van der Waals surface area contributed by atoms with Crippen molar-refractivity contribution in [3.8, 4) is 16.9 Å². The van der Waals surface area contributed by atoms with Crippen LogP contribution in [0.1, 0.15) is 28.7 Å². The van der Waals surface area contributed by atoms with Crippen LogP contribution in [0.4, 0.5) is 5.69 Å². The van der Waals surface area contributed by atoms with Crippen LogP contribution < -0.4 is 10.1 Å². The first-order valence-electron chi connectivity index (χ1n) is 12.5. The first-order valence-corrected chi connectivity index (χ1v) is 14.2. The molecule has 1 aliphatic heterocycles. The minimum atomic E-state index is -3.45. The second kappa shape index (κ2) is 10.7. The highest BCUT2D eigenvalue weighted by atomic mass is 32.2. The summed E-state index contributed by atoms with van der Waals surface area (Å²) < 4.78 is 31.4. The molecule has 38 heavy (non-hydrogen) atoms. The van der Waals surface area contributed by atoms with Crippen molar-refractivity contribution in [3.05, 3.63) is 119 Å². The van der Waals surface area contributed by atoms with Crippen LogP contribution in [-0.2, 0) is 20.4 Å². The number of hydrogen-bond donors (Lipinski definition) is 1. The number of hydrogen-bond acceptors (Lipinski definition) is 4. The topological polar surface area (TPSA) is 72.5 Å². The van der Waals surface area contributed by atoms with Gasteiger partial charge in [0, 0.05) is 23.2 Å². The number of fused-ring (bicyclic) bond motifs is 1. The molecule has 0 saturated carbocycles. The summed E-state index contributed by atoms with van der Waals surface area (Å²) in [6, 6.07) is 28.1. The molecule has 1 N–H and O–H groups in total. The van der Waals surface area contributed by atoms with Crippen LogP contribution in [0.25, 0.3) is 17.2 Å². The van der Waals surface area contributed by atoms with Crippen molar-refractivity contribution in [3.63, 3.8) is 0 Å². The van der Waals surface area contributed by atoms with Gasteiger partial charge in [-0.1, -0.05) is 65.7 Å². The Hall–Kier alpha value is -4.16. The van der Waals surface area contributed by atoms with Crippen molar-refractivity contribution < 1.29 is 17.9 Å². The van der Waals surface area contributed by atoms with Crippen LogP contribution in [-0.4, -0.2) is 20.9 Å². The van der Waals surface area contributed by atoms with Crippen molar-refractivity contribution in [2.24, 2.45) is 0 Å². The fourth-order valence-corrected chi connectivity index (χ4v) is 5.72. The third kappa shape index (κ3) is 5.87. The van der Waals surface area contributed by atoms with E-state index >= 15 is 0 Å². The zero-order chi connectivity index (χ0) is 26.7. The summed E-state index contributed by atoms with van der Waals surface area (Å²) in [5.74, 6) is 0.442. The number of benzene rings is 4. The molecule has 192 valence electrons. The summed E-state index contributed by atoms with van der Waals surface area (Å²) >= 11 is 0. The largest absolute Gasteiger partial charge is 0.493 e. The van der Waals surface area contributed by atoms with Crippen LogP contribution in [0.5, 0.6) is 5.75 Å². The first kappa shape index (κ1) is 25.5. The monoisotopic (exact) mass is 523 g/mol. The van der Waals surface area contributed by atoms with Gasteiger partial charge in [0.15, 0.2) is 9.84 Å². The van der Waals surface area contributed by atoms with Gasteiger partial charge in [-0.2, -0.15) is 0 Å². The Kier molecular flexibility index (Phi) is 7.16. The van der Waals surface area contributed by atoms with Gasteiger partial charge >= 0.3 is 0 Å². The van der Waals surface area contributed by atoms with Gasteiger partial charge in [0.1, 0.15) is 5.75 Å². The normalized spacial score (nSPS) is 13.1.